The van der Waals surface area contributed by atoms with Gasteiger partial charge < -0.3 is 15.3 Å². The molecule has 0 atom stereocenters. The highest BCUT2D eigenvalue weighted by atomic mass is 16.5. The maximum Gasteiger partial charge on any atom is 0.253 e. The van der Waals surface area contributed by atoms with Crippen LogP contribution in [0.15, 0.2) is 12.2 Å². The molecule has 0 spiro atoms. The fourth-order valence-electron chi connectivity index (χ4n) is 1.04. The first kappa shape index (κ1) is 14.5. The van der Waals surface area contributed by atoms with Gasteiger partial charge in [-0.15, -0.1) is 0 Å². The molecule has 1 aliphatic rings. The summed E-state index contributed by atoms with van der Waals surface area (Å²) in [6, 6.07) is 0. The summed E-state index contributed by atoms with van der Waals surface area (Å²) in [5, 5.41) is 0. The highest BCUT2D eigenvalue weighted by Gasteiger charge is 2.22. The van der Waals surface area contributed by atoms with Gasteiger partial charge in [0.05, 0.1) is 19.8 Å². The first-order valence-corrected chi connectivity index (χ1v) is 4.88. The molecule has 6 nitrogen and oxygen atoms in total. The van der Waals surface area contributed by atoms with Crippen molar-refractivity contribution >= 4 is 18.1 Å². The van der Waals surface area contributed by atoms with E-state index in [9.17, 15) is 14.4 Å². The number of ether oxygens (including phenoxy) is 1. The molecule has 0 aliphatic carbocycles. The Bertz CT molecular complexity index is 258. The van der Waals surface area contributed by atoms with Crippen molar-refractivity contribution in [1.82, 2.24) is 4.90 Å². The molecular formula is C10H16N2O4. The Kier molecular flexibility index (Phi) is 7.92. The van der Waals surface area contributed by atoms with Gasteiger partial charge in [0.2, 0.25) is 0 Å². The summed E-state index contributed by atoms with van der Waals surface area (Å²) in [7, 11) is 1.50. The van der Waals surface area contributed by atoms with Crippen LogP contribution in [0.4, 0.5) is 0 Å². The maximum absolute atomic E-state index is 11.0. The van der Waals surface area contributed by atoms with Crippen molar-refractivity contribution < 1.29 is 19.1 Å². The molecule has 16 heavy (non-hydrogen) atoms. The predicted octanol–water partition coefficient (Wildman–Crippen LogP) is -0.908. The van der Waals surface area contributed by atoms with Gasteiger partial charge in [-0.2, -0.15) is 0 Å². The van der Waals surface area contributed by atoms with Crippen LogP contribution < -0.4 is 5.73 Å². The molecule has 90 valence electrons. The number of rotatable bonds is 6. The van der Waals surface area contributed by atoms with Crippen molar-refractivity contribution in [3.8, 4) is 0 Å². The number of imide groups is 1. The minimum atomic E-state index is -0.311. The van der Waals surface area contributed by atoms with Crippen LogP contribution in [0.2, 0.25) is 0 Å². The highest BCUT2D eigenvalue weighted by molar-refractivity contribution is 6.12. The van der Waals surface area contributed by atoms with Crippen LogP contribution in [-0.4, -0.2) is 49.8 Å². The minimum Gasteiger partial charge on any atom is -0.379 e. The van der Waals surface area contributed by atoms with Crippen LogP contribution in [0.5, 0.6) is 0 Å². The smallest absolute Gasteiger partial charge is 0.253 e. The Morgan fingerprint density at radius 2 is 1.81 bits per heavy atom. The van der Waals surface area contributed by atoms with Crippen molar-refractivity contribution in [2.45, 2.75) is 6.42 Å². The fraction of sp³-hybridized carbons (Fsp3) is 0.500. The lowest BCUT2D eigenvalue weighted by Gasteiger charge is -2.12. The van der Waals surface area contributed by atoms with Gasteiger partial charge in [-0.1, -0.05) is 0 Å². The number of hydrogen-bond acceptors (Lipinski definition) is 5. The third kappa shape index (κ3) is 4.81. The summed E-state index contributed by atoms with van der Waals surface area (Å²) in [4.78, 5) is 33.0. The molecule has 1 aliphatic heterocycles. The Morgan fingerprint density at radius 3 is 2.31 bits per heavy atom. The Hall–Kier alpha value is -1.53. The summed E-state index contributed by atoms with van der Waals surface area (Å²) < 4.78 is 5.03. The lowest BCUT2D eigenvalue weighted by molar-refractivity contribution is -0.137. The first-order valence-electron chi connectivity index (χ1n) is 4.88. The fourth-order valence-corrected chi connectivity index (χ4v) is 1.04. The molecular weight excluding hydrogens is 212 g/mol. The number of nitrogens with zero attached hydrogens (tertiary/aromatic N) is 1. The standard InChI is InChI=1S/C9H11NO4.CH5N/c11-5-1-6-14-7-4-10-8(12)2-3-9(10)13;1-2/h2-3,5H,1,4,6-7H2;2H2,1H3. The lowest BCUT2D eigenvalue weighted by Crippen LogP contribution is -2.33. The zero-order valence-electron chi connectivity index (χ0n) is 9.22. The zero-order valence-corrected chi connectivity index (χ0v) is 9.22. The van der Waals surface area contributed by atoms with Gasteiger partial charge in [0.25, 0.3) is 11.8 Å². The number of amides is 2. The summed E-state index contributed by atoms with van der Waals surface area (Å²) in [5.74, 6) is -0.622. The number of nitrogens with two attached hydrogens (primary N) is 1. The van der Waals surface area contributed by atoms with Gasteiger partial charge >= 0.3 is 0 Å². The van der Waals surface area contributed by atoms with E-state index in [-0.39, 0.29) is 25.0 Å². The largest absolute Gasteiger partial charge is 0.379 e. The average molecular weight is 228 g/mol. The molecule has 2 amide bonds. The average Bonchev–Trinajstić information content (AvgIpc) is 2.62. The topological polar surface area (TPSA) is 89.7 Å². The van der Waals surface area contributed by atoms with Gasteiger partial charge in [0.15, 0.2) is 0 Å². The molecule has 1 heterocycles. The van der Waals surface area contributed by atoms with Crippen LogP contribution in [0.1, 0.15) is 6.42 Å². The summed E-state index contributed by atoms with van der Waals surface area (Å²) in [6.07, 6.45) is 3.55. The second-order valence-electron chi connectivity index (χ2n) is 2.73. The van der Waals surface area contributed by atoms with E-state index in [1.165, 1.54) is 19.2 Å². The van der Waals surface area contributed by atoms with E-state index in [1.54, 1.807) is 0 Å². The van der Waals surface area contributed by atoms with Gasteiger partial charge in [-0.05, 0) is 7.05 Å². The van der Waals surface area contributed by atoms with Crippen molar-refractivity contribution in [1.29, 1.82) is 0 Å². The third-order valence-electron chi connectivity index (χ3n) is 1.74. The van der Waals surface area contributed by atoms with Gasteiger partial charge in [-0.3, -0.25) is 14.5 Å². The Balaban J connectivity index is 0.00000106. The van der Waals surface area contributed by atoms with Crippen LogP contribution in [-0.2, 0) is 19.1 Å². The Labute approximate surface area is 94.0 Å². The monoisotopic (exact) mass is 228 g/mol. The normalized spacial score (nSPS) is 13.8. The summed E-state index contributed by atoms with van der Waals surface area (Å²) >= 11 is 0. The molecule has 0 fully saturated rings. The van der Waals surface area contributed by atoms with E-state index in [0.717, 1.165) is 11.2 Å². The van der Waals surface area contributed by atoms with Crippen LogP contribution in [0.25, 0.3) is 0 Å². The van der Waals surface area contributed by atoms with Gasteiger partial charge in [-0.25, -0.2) is 0 Å². The lowest BCUT2D eigenvalue weighted by atomic mass is 10.5. The molecule has 0 unspecified atom stereocenters. The molecule has 0 saturated carbocycles. The van der Waals surface area contributed by atoms with Crippen molar-refractivity contribution in [2.24, 2.45) is 5.73 Å². The molecule has 6 heteroatoms. The van der Waals surface area contributed by atoms with E-state index in [1.807, 2.05) is 0 Å². The second-order valence-corrected chi connectivity index (χ2v) is 2.73. The first-order chi connectivity index (χ1) is 7.75. The van der Waals surface area contributed by atoms with Gasteiger partial charge in [0.1, 0.15) is 6.29 Å². The van der Waals surface area contributed by atoms with E-state index in [2.05, 4.69) is 5.73 Å². The quantitative estimate of drug-likeness (QED) is 0.361. The van der Waals surface area contributed by atoms with Crippen molar-refractivity contribution in [3.05, 3.63) is 12.2 Å². The Morgan fingerprint density at radius 1 is 1.25 bits per heavy atom. The number of carbonyl (C=O) groups is 3. The van der Waals surface area contributed by atoms with Crippen LogP contribution in [0.3, 0.4) is 0 Å². The molecule has 1 rings (SSSR count). The van der Waals surface area contributed by atoms with Crippen LogP contribution >= 0.6 is 0 Å². The van der Waals surface area contributed by atoms with Crippen LogP contribution in [0, 0.1) is 0 Å². The second kappa shape index (κ2) is 8.75. The van der Waals surface area contributed by atoms with E-state index >= 15 is 0 Å². The van der Waals surface area contributed by atoms with E-state index in [0.29, 0.717) is 13.0 Å². The summed E-state index contributed by atoms with van der Waals surface area (Å²) in [5.41, 5.74) is 4.50. The highest BCUT2D eigenvalue weighted by Crippen LogP contribution is 2.02. The molecule has 0 bridgehead atoms. The van der Waals surface area contributed by atoms with Crippen molar-refractivity contribution in [2.75, 3.05) is 26.8 Å². The summed E-state index contributed by atoms with van der Waals surface area (Å²) in [6.45, 7) is 0.837. The maximum atomic E-state index is 11.0. The number of hydrogen-bond donors (Lipinski definition) is 1. The molecule has 2 N–H and O–H groups in total. The molecule has 0 aromatic rings. The van der Waals surface area contributed by atoms with Gasteiger partial charge in [0, 0.05) is 18.6 Å². The zero-order chi connectivity index (χ0) is 12.4. The predicted molar refractivity (Wildman–Crippen MR) is 57.5 cm³/mol. The minimum absolute atomic E-state index is 0.240. The van der Waals surface area contributed by atoms with E-state index < -0.39 is 0 Å². The molecule has 0 aromatic carbocycles. The number of carbonyl (C=O) groups excluding carboxylic acids is 3. The molecule has 0 saturated heterocycles. The van der Waals surface area contributed by atoms with Crippen molar-refractivity contribution in [3.63, 3.8) is 0 Å². The third-order valence-corrected chi connectivity index (χ3v) is 1.74. The molecule has 0 radical (unpaired) electrons. The SMILES string of the molecule is CN.O=CCCOCCN1C(=O)C=CC1=O. The molecule has 0 aromatic heterocycles. The number of aldehydes is 1. The van der Waals surface area contributed by atoms with E-state index in [4.69, 9.17) is 4.74 Å².